The van der Waals surface area contributed by atoms with Gasteiger partial charge in [-0.3, -0.25) is 4.99 Å². The Kier molecular flexibility index (Phi) is 3.30. The maximum atomic E-state index is 13.3. The van der Waals surface area contributed by atoms with Gasteiger partial charge >= 0.3 is 0 Å². The molecular formula is C12H19FN2OS. The molecule has 0 N–H and O–H groups in total. The van der Waals surface area contributed by atoms with Crippen LogP contribution in [0.5, 0.6) is 0 Å². The van der Waals surface area contributed by atoms with Crippen LogP contribution in [0, 0.1) is 0 Å². The standard InChI is InChI=1S/C12H19FN2OS/c1-8(13)10-5-4-9-11(16-10)17-12(14-9)15-6-2-3-7-15/h8-11H,2-7H2,1H3/t8-,9+,10-,11+/m0/s1. The van der Waals surface area contributed by atoms with Crippen LogP contribution in [-0.4, -0.2) is 46.9 Å². The predicted octanol–water partition coefficient (Wildman–Crippen LogP) is 2.42. The highest BCUT2D eigenvalue weighted by Crippen LogP contribution is 2.38. The van der Waals surface area contributed by atoms with Crippen LogP contribution in [0.15, 0.2) is 4.99 Å². The largest absolute Gasteiger partial charge is 0.359 e. The van der Waals surface area contributed by atoms with Crippen LogP contribution in [-0.2, 0) is 4.74 Å². The summed E-state index contributed by atoms with van der Waals surface area (Å²) in [5, 5.41) is 1.13. The van der Waals surface area contributed by atoms with E-state index in [1.165, 1.54) is 12.8 Å². The van der Waals surface area contributed by atoms with Crippen LogP contribution >= 0.6 is 11.8 Å². The third-order valence-electron chi connectivity index (χ3n) is 3.76. The second kappa shape index (κ2) is 4.76. The molecule has 0 aromatic carbocycles. The molecule has 0 amide bonds. The fraction of sp³-hybridized carbons (Fsp3) is 0.917. The Morgan fingerprint density at radius 3 is 2.88 bits per heavy atom. The summed E-state index contributed by atoms with van der Waals surface area (Å²) in [4.78, 5) is 7.09. The first-order chi connectivity index (χ1) is 8.24. The lowest BCUT2D eigenvalue weighted by Gasteiger charge is -2.31. The summed E-state index contributed by atoms with van der Waals surface area (Å²) in [6.07, 6.45) is 3.20. The molecule has 2 saturated heterocycles. The molecule has 96 valence electrons. The number of rotatable bonds is 1. The highest BCUT2D eigenvalue weighted by Gasteiger charge is 2.40. The Hall–Kier alpha value is -0.290. The van der Waals surface area contributed by atoms with E-state index in [4.69, 9.17) is 9.73 Å². The molecule has 0 unspecified atom stereocenters. The van der Waals surface area contributed by atoms with E-state index in [1.807, 2.05) is 0 Å². The summed E-state index contributed by atoms with van der Waals surface area (Å²) < 4.78 is 19.1. The molecule has 5 heteroatoms. The van der Waals surface area contributed by atoms with Gasteiger partial charge in [0.15, 0.2) is 5.17 Å². The second-order valence-corrected chi connectivity index (χ2v) is 6.15. The molecule has 3 nitrogen and oxygen atoms in total. The molecule has 0 spiro atoms. The molecule has 3 aliphatic rings. The first kappa shape index (κ1) is 11.8. The van der Waals surface area contributed by atoms with E-state index < -0.39 is 6.17 Å². The summed E-state index contributed by atoms with van der Waals surface area (Å²) >= 11 is 1.70. The van der Waals surface area contributed by atoms with Crippen LogP contribution in [0.1, 0.15) is 32.6 Å². The molecule has 3 heterocycles. The van der Waals surface area contributed by atoms with Gasteiger partial charge in [0, 0.05) is 13.1 Å². The average molecular weight is 258 g/mol. The number of amidine groups is 1. The van der Waals surface area contributed by atoms with Gasteiger partial charge < -0.3 is 9.64 Å². The topological polar surface area (TPSA) is 24.8 Å². The fourth-order valence-corrected chi connectivity index (χ4v) is 4.00. The maximum absolute atomic E-state index is 13.3. The average Bonchev–Trinajstić information content (AvgIpc) is 2.96. The normalized spacial score (nSPS) is 39.1. The van der Waals surface area contributed by atoms with Crippen molar-refractivity contribution in [2.75, 3.05) is 13.1 Å². The Labute approximate surface area is 106 Å². The number of halogens is 1. The minimum atomic E-state index is -0.868. The third-order valence-corrected chi connectivity index (χ3v) is 4.99. The molecule has 3 rings (SSSR count). The van der Waals surface area contributed by atoms with E-state index in [0.29, 0.717) is 0 Å². The smallest absolute Gasteiger partial charge is 0.162 e. The molecule has 0 aromatic heterocycles. The summed E-state index contributed by atoms with van der Waals surface area (Å²) in [5.41, 5.74) is 0.0579. The van der Waals surface area contributed by atoms with Gasteiger partial charge in [-0.1, -0.05) is 11.8 Å². The molecule has 0 bridgehead atoms. The lowest BCUT2D eigenvalue weighted by molar-refractivity contribution is -0.0489. The number of fused-ring (bicyclic) bond motifs is 1. The van der Waals surface area contributed by atoms with Gasteiger partial charge in [-0.2, -0.15) is 0 Å². The van der Waals surface area contributed by atoms with Gasteiger partial charge in [0.2, 0.25) is 0 Å². The monoisotopic (exact) mass is 258 g/mol. The van der Waals surface area contributed by atoms with Crippen molar-refractivity contribution in [1.29, 1.82) is 0 Å². The van der Waals surface area contributed by atoms with Crippen molar-refractivity contribution in [1.82, 2.24) is 4.90 Å². The van der Waals surface area contributed by atoms with Crippen molar-refractivity contribution < 1.29 is 9.13 Å². The summed E-state index contributed by atoms with van der Waals surface area (Å²) in [6.45, 7) is 3.83. The van der Waals surface area contributed by atoms with Gasteiger partial charge in [0.25, 0.3) is 0 Å². The Bertz CT molecular complexity index is 318. The van der Waals surface area contributed by atoms with Crippen molar-refractivity contribution >= 4 is 16.9 Å². The lowest BCUT2D eigenvalue weighted by atomic mass is 10.0. The van der Waals surface area contributed by atoms with Crippen LogP contribution < -0.4 is 0 Å². The van der Waals surface area contributed by atoms with Crippen molar-refractivity contribution in [2.45, 2.75) is 56.4 Å². The summed E-state index contributed by atoms with van der Waals surface area (Å²) in [5.74, 6) is 0. The van der Waals surface area contributed by atoms with E-state index >= 15 is 0 Å². The first-order valence-electron chi connectivity index (χ1n) is 6.53. The van der Waals surface area contributed by atoms with Crippen LogP contribution in [0.25, 0.3) is 0 Å². The van der Waals surface area contributed by atoms with Crippen molar-refractivity contribution in [3.05, 3.63) is 0 Å². The molecule has 0 aliphatic carbocycles. The van der Waals surface area contributed by atoms with Gasteiger partial charge in [0.05, 0.1) is 12.1 Å². The van der Waals surface area contributed by atoms with Crippen molar-refractivity contribution in [2.24, 2.45) is 4.99 Å². The number of nitrogens with zero attached hydrogens (tertiary/aromatic N) is 2. The molecule has 4 atom stereocenters. The number of ether oxygens (including phenoxy) is 1. The minimum absolute atomic E-state index is 0.0579. The van der Waals surface area contributed by atoms with E-state index in [-0.39, 0.29) is 17.6 Å². The molecule has 0 aromatic rings. The van der Waals surface area contributed by atoms with Crippen LogP contribution in [0.2, 0.25) is 0 Å². The molecule has 0 radical (unpaired) electrons. The molecule has 17 heavy (non-hydrogen) atoms. The number of thioether (sulfide) groups is 1. The summed E-state index contributed by atoms with van der Waals surface area (Å²) in [7, 11) is 0. The zero-order valence-electron chi connectivity index (χ0n) is 10.1. The highest BCUT2D eigenvalue weighted by molar-refractivity contribution is 8.14. The van der Waals surface area contributed by atoms with Crippen molar-refractivity contribution in [3.8, 4) is 0 Å². The Morgan fingerprint density at radius 1 is 1.41 bits per heavy atom. The van der Waals surface area contributed by atoms with Gasteiger partial charge in [-0.15, -0.1) is 0 Å². The van der Waals surface area contributed by atoms with Crippen LogP contribution in [0.4, 0.5) is 4.39 Å². The SMILES string of the molecule is C[C@H](F)[C@@H]1CC[C@H]2N=C(N3CCCC3)S[C@H]2O1. The number of alkyl halides is 1. The maximum Gasteiger partial charge on any atom is 0.162 e. The van der Waals surface area contributed by atoms with Crippen molar-refractivity contribution in [3.63, 3.8) is 0 Å². The number of hydrogen-bond donors (Lipinski definition) is 0. The molecule has 3 aliphatic heterocycles. The Morgan fingerprint density at radius 2 is 2.18 bits per heavy atom. The summed E-state index contributed by atoms with van der Waals surface area (Å²) in [6, 6.07) is 0.255. The molecule has 0 saturated carbocycles. The third kappa shape index (κ3) is 2.32. The first-order valence-corrected chi connectivity index (χ1v) is 7.41. The van der Waals surface area contributed by atoms with Gasteiger partial charge in [0.1, 0.15) is 11.6 Å². The van der Waals surface area contributed by atoms with E-state index in [9.17, 15) is 4.39 Å². The minimum Gasteiger partial charge on any atom is -0.359 e. The zero-order chi connectivity index (χ0) is 11.8. The highest BCUT2D eigenvalue weighted by atomic mass is 32.2. The van der Waals surface area contributed by atoms with Gasteiger partial charge in [-0.05, 0) is 32.6 Å². The van der Waals surface area contributed by atoms with E-state index in [1.54, 1.807) is 18.7 Å². The molecular weight excluding hydrogens is 239 g/mol. The lowest BCUT2D eigenvalue weighted by Crippen LogP contribution is -2.37. The number of hydrogen-bond acceptors (Lipinski definition) is 4. The fourth-order valence-electron chi connectivity index (χ4n) is 2.71. The van der Waals surface area contributed by atoms with Crippen LogP contribution in [0.3, 0.4) is 0 Å². The van der Waals surface area contributed by atoms with E-state index in [2.05, 4.69) is 4.90 Å². The van der Waals surface area contributed by atoms with E-state index in [0.717, 1.165) is 31.1 Å². The second-order valence-electron chi connectivity index (χ2n) is 5.09. The molecule has 2 fully saturated rings. The number of likely N-dealkylation sites (tertiary alicyclic amines) is 1. The predicted molar refractivity (Wildman–Crippen MR) is 68.1 cm³/mol. The quantitative estimate of drug-likeness (QED) is 0.722. The Balaban J connectivity index is 1.63. The number of aliphatic imine (C=N–C) groups is 1. The zero-order valence-corrected chi connectivity index (χ0v) is 11.0. The van der Waals surface area contributed by atoms with Gasteiger partial charge in [-0.25, -0.2) is 4.39 Å².